The summed E-state index contributed by atoms with van der Waals surface area (Å²) in [6, 6.07) is 5.90. The lowest BCUT2D eigenvalue weighted by Crippen LogP contribution is -2.13. The number of carbonyl (C=O) groups excluding carboxylic acids is 1. The van der Waals surface area contributed by atoms with Crippen LogP contribution in [0.3, 0.4) is 0 Å². The van der Waals surface area contributed by atoms with E-state index in [9.17, 15) is 4.79 Å². The number of hydrogen-bond donors (Lipinski definition) is 0. The van der Waals surface area contributed by atoms with E-state index in [4.69, 9.17) is 4.74 Å². The van der Waals surface area contributed by atoms with Crippen LogP contribution >= 0.6 is 0 Å². The highest BCUT2D eigenvalue weighted by atomic mass is 16.5. The predicted molar refractivity (Wildman–Crippen MR) is 72.1 cm³/mol. The Labute approximate surface area is 112 Å². The van der Waals surface area contributed by atoms with E-state index in [2.05, 4.69) is 18.9 Å². The third-order valence-corrected chi connectivity index (χ3v) is 2.84. The van der Waals surface area contributed by atoms with Crippen LogP contribution in [-0.2, 0) is 11.3 Å². The summed E-state index contributed by atoms with van der Waals surface area (Å²) in [7, 11) is 0. The Bertz CT molecular complexity index is 555. The molecule has 0 aliphatic heterocycles. The van der Waals surface area contributed by atoms with E-state index in [1.165, 1.54) is 0 Å². The molecule has 0 amide bonds. The molecule has 0 atom stereocenters. The van der Waals surface area contributed by atoms with E-state index in [1.807, 2.05) is 33.8 Å². The van der Waals surface area contributed by atoms with Crippen molar-refractivity contribution in [3.63, 3.8) is 0 Å². The van der Waals surface area contributed by atoms with Crippen molar-refractivity contribution < 1.29 is 9.53 Å². The molecule has 2 aromatic heterocycles. The summed E-state index contributed by atoms with van der Waals surface area (Å²) >= 11 is 0. The minimum Gasteiger partial charge on any atom is -0.461 e. The first-order chi connectivity index (χ1) is 9.11. The molecule has 0 saturated heterocycles. The third kappa shape index (κ3) is 3.05. The Hall–Kier alpha value is -2.04. The van der Waals surface area contributed by atoms with Gasteiger partial charge in [0.2, 0.25) is 0 Å². The highest BCUT2D eigenvalue weighted by Gasteiger charge is 2.12. The fraction of sp³-hybridized carbons (Fsp3) is 0.429. The smallest absolute Gasteiger partial charge is 0.354 e. The van der Waals surface area contributed by atoms with Gasteiger partial charge in [-0.3, -0.25) is 4.68 Å². The van der Waals surface area contributed by atoms with Crippen molar-refractivity contribution in [1.82, 2.24) is 14.3 Å². The van der Waals surface area contributed by atoms with Crippen molar-refractivity contribution in [2.75, 3.05) is 6.61 Å². The lowest BCUT2D eigenvalue weighted by molar-refractivity contribution is 0.0514. The largest absolute Gasteiger partial charge is 0.461 e. The Balaban J connectivity index is 2.14. The normalized spacial score (nSPS) is 10.9. The SMILES string of the molecule is CCOC(=O)c1cccn1Cc1ccn(C(C)C)n1. The number of nitrogens with zero attached hydrogens (tertiary/aromatic N) is 3. The van der Waals surface area contributed by atoms with Crippen molar-refractivity contribution in [3.05, 3.63) is 42.0 Å². The van der Waals surface area contributed by atoms with Crippen LogP contribution in [0.25, 0.3) is 0 Å². The topological polar surface area (TPSA) is 49.0 Å². The molecule has 2 heterocycles. The van der Waals surface area contributed by atoms with Gasteiger partial charge in [0.1, 0.15) is 5.69 Å². The Morgan fingerprint density at radius 3 is 2.79 bits per heavy atom. The zero-order valence-electron chi connectivity index (χ0n) is 11.5. The maximum Gasteiger partial charge on any atom is 0.354 e. The summed E-state index contributed by atoms with van der Waals surface area (Å²) in [5.74, 6) is -0.296. The fourth-order valence-electron chi connectivity index (χ4n) is 1.87. The maximum atomic E-state index is 11.8. The second-order valence-corrected chi connectivity index (χ2v) is 4.62. The zero-order valence-corrected chi connectivity index (χ0v) is 11.5. The van der Waals surface area contributed by atoms with E-state index >= 15 is 0 Å². The molecular weight excluding hydrogens is 242 g/mol. The molecule has 0 unspecified atom stereocenters. The lowest BCUT2D eigenvalue weighted by atomic mass is 10.4. The van der Waals surface area contributed by atoms with Gasteiger partial charge in [0.25, 0.3) is 0 Å². The van der Waals surface area contributed by atoms with E-state index in [1.54, 1.807) is 13.0 Å². The molecule has 2 aromatic rings. The number of aromatic nitrogens is 3. The molecule has 0 spiro atoms. The van der Waals surface area contributed by atoms with Gasteiger partial charge >= 0.3 is 5.97 Å². The van der Waals surface area contributed by atoms with Crippen molar-refractivity contribution in [2.24, 2.45) is 0 Å². The van der Waals surface area contributed by atoms with Gasteiger partial charge in [0.05, 0.1) is 18.8 Å². The standard InChI is InChI=1S/C14H19N3O2/c1-4-19-14(18)13-6-5-8-16(13)10-12-7-9-17(15-12)11(2)3/h5-9,11H,4,10H2,1-3H3. The van der Waals surface area contributed by atoms with E-state index < -0.39 is 0 Å². The van der Waals surface area contributed by atoms with Crippen LogP contribution in [-0.4, -0.2) is 26.9 Å². The van der Waals surface area contributed by atoms with E-state index in [0.29, 0.717) is 24.9 Å². The summed E-state index contributed by atoms with van der Waals surface area (Å²) < 4.78 is 8.78. The van der Waals surface area contributed by atoms with Gasteiger partial charge in [-0.15, -0.1) is 0 Å². The summed E-state index contributed by atoms with van der Waals surface area (Å²) in [6.07, 6.45) is 3.81. The van der Waals surface area contributed by atoms with Crippen LogP contribution in [0.4, 0.5) is 0 Å². The first-order valence-electron chi connectivity index (χ1n) is 6.48. The lowest BCUT2D eigenvalue weighted by Gasteiger charge is -2.07. The minimum absolute atomic E-state index is 0.296. The van der Waals surface area contributed by atoms with Crippen LogP contribution in [0, 0.1) is 0 Å². The molecule has 0 aromatic carbocycles. The van der Waals surface area contributed by atoms with Crippen LogP contribution in [0.1, 0.15) is 43.0 Å². The number of esters is 1. The van der Waals surface area contributed by atoms with Gasteiger partial charge in [-0.2, -0.15) is 5.10 Å². The minimum atomic E-state index is -0.296. The van der Waals surface area contributed by atoms with Crippen molar-refractivity contribution in [2.45, 2.75) is 33.4 Å². The highest BCUT2D eigenvalue weighted by molar-refractivity contribution is 5.87. The van der Waals surface area contributed by atoms with Crippen LogP contribution in [0.15, 0.2) is 30.6 Å². The molecule has 5 nitrogen and oxygen atoms in total. The van der Waals surface area contributed by atoms with Crippen LogP contribution in [0.5, 0.6) is 0 Å². The maximum absolute atomic E-state index is 11.8. The molecular formula is C14H19N3O2. The summed E-state index contributed by atoms with van der Waals surface area (Å²) in [5, 5.41) is 4.47. The second-order valence-electron chi connectivity index (χ2n) is 4.62. The van der Waals surface area contributed by atoms with E-state index in [-0.39, 0.29) is 5.97 Å². The fourth-order valence-corrected chi connectivity index (χ4v) is 1.87. The van der Waals surface area contributed by atoms with Gasteiger partial charge in [-0.25, -0.2) is 4.79 Å². The predicted octanol–water partition coefficient (Wildman–Crippen LogP) is 2.49. The number of hydrogen-bond acceptors (Lipinski definition) is 3. The van der Waals surface area contributed by atoms with Gasteiger partial charge in [0.15, 0.2) is 0 Å². The van der Waals surface area contributed by atoms with Crippen LogP contribution in [0.2, 0.25) is 0 Å². The average molecular weight is 261 g/mol. The first-order valence-corrected chi connectivity index (χ1v) is 6.48. The molecule has 5 heteroatoms. The van der Waals surface area contributed by atoms with Gasteiger partial charge in [0, 0.05) is 18.4 Å². The Morgan fingerprint density at radius 1 is 1.37 bits per heavy atom. The number of ether oxygens (including phenoxy) is 1. The number of rotatable bonds is 5. The molecule has 0 aliphatic carbocycles. The monoisotopic (exact) mass is 261 g/mol. The Morgan fingerprint density at radius 2 is 2.16 bits per heavy atom. The molecule has 2 rings (SSSR count). The number of carbonyl (C=O) groups is 1. The quantitative estimate of drug-likeness (QED) is 0.777. The summed E-state index contributed by atoms with van der Waals surface area (Å²) in [5.41, 5.74) is 1.48. The molecule has 0 saturated carbocycles. The summed E-state index contributed by atoms with van der Waals surface area (Å²) in [6.45, 7) is 6.91. The van der Waals surface area contributed by atoms with Gasteiger partial charge < -0.3 is 9.30 Å². The molecule has 0 radical (unpaired) electrons. The van der Waals surface area contributed by atoms with Gasteiger partial charge in [-0.1, -0.05) is 0 Å². The van der Waals surface area contributed by atoms with Crippen molar-refractivity contribution in [1.29, 1.82) is 0 Å². The average Bonchev–Trinajstić information content (AvgIpc) is 2.99. The molecule has 0 aliphatic rings. The molecule has 0 N–H and O–H groups in total. The summed E-state index contributed by atoms with van der Waals surface area (Å²) in [4.78, 5) is 11.8. The second kappa shape index (κ2) is 5.73. The van der Waals surface area contributed by atoms with Crippen molar-refractivity contribution in [3.8, 4) is 0 Å². The van der Waals surface area contributed by atoms with Crippen LogP contribution < -0.4 is 0 Å². The molecule has 102 valence electrons. The van der Waals surface area contributed by atoms with E-state index in [0.717, 1.165) is 5.69 Å². The van der Waals surface area contributed by atoms with Gasteiger partial charge in [-0.05, 0) is 39.0 Å². The molecule has 0 fully saturated rings. The molecule has 19 heavy (non-hydrogen) atoms. The van der Waals surface area contributed by atoms with Crippen molar-refractivity contribution >= 4 is 5.97 Å². The zero-order chi connectivity index (χ0) is 13.8. The molecule has 0 bridgehead atoms. The highest BCUT2D eigenvalue weighted by Crippen LogP contribution is 2.10. The Kier molecular flexibility index (Phi) is 4.04. The third-order valence-electron chi connectivity index (χ3n) is 2.84. The first kappa shape index (κ1) is 13.4.